The van der Waals surface area contributed by atoms with Gasteiger partial charge < -0.3 is 28.4 Å². The number of hydrogen-bond donors (Lipinski definition) is 0. The fourth-order valence-corrected chi connectivity index (χ4v) is 5.03. The average molecular weight is 679 g/mol. The van der Waals surface area contributed by atoms with E-state index in [0.29, 0.717) is 0 Å². The highest BCUT2D eigenvalue weighted by Crippen LogP contribution is 2.32. The van der Waals surface area contributed by atoms with Gasteiger partial charge in [0.1, 0.15) is 12.7 Å². The Hall–Kier alpha value is -6.07. The molecule has 0 saturated carbocycles. The van der Waals surface area contributed by atoms with Crippen molar-refractivity contribution in [2.75, 3.05) is 6.61 Å². The van der Waals surface area contributed by atoms with Gasteiger partial charge in [-0.25, -0.2) is 19.2 Å². The van der Waals surface area contributed by atoms with Crippen LogP contribution in [0.3, 0.4) is 0 Å². The largest absolute Gasteiger partial charge is 0.459 e. The van der Waals surface area contributed by atoms with Gasteiger partial charge in [-0.3, -0.25) is 4.79 Å². The summed E-state index contributed by atoms with van der Waals surface area (Å²) in [6.07, 6.45) is -6.22. The summed E-state index contributed by atoms with van der Waals surface area (Å²) in [4.78, 5) is 66.5. The predicted molar refractivity (Wildman–Crippen MR) is 178 cm³/mol. The van der Waals surface area contributed by atoms with E-state index in [1.165, 1.54) is 42.5 Å². The Balaban J connectivity index is 1.56. The van der Waals surface area contributed by atoms with Crippen LogP contribution >= 0.6 is 0 Å². The maximum atomic E-state index is 13.6. The minimum atomic E-state index is -1.69. The van der Waals surface area contributed by atoms with Gasteiger partial charge in [0.05, 0.1) is 22.3 Å². The van der Waals surface area contributed by atoms with Crippen molar-refractivity contribution < 1.29 is 52.4 Å². The Morgan fingerprint density at radius 3 is 1.38 bits per heavy atom. The molecule has 1 fully saturated rings. The van der Waals surface area contributed by atoms with Gasteiger partial charge in [0, 0.05) is 6.42 Å². The zero-order valence-electron chi connectivity index (χ0n) is 26.8. The summed E-state index contributed by atoms with van der Waals surface area (Å²) < 4.78 is 35.2. The molecule has 1 saturated heterocycles. The number of rotatable bonds is 13. The van der Waals surface area contributed by atoms with Gasteiger partial charge in [0.2, 0.25) is 12.4 Å². The number of benzene rings is 4. The zero-order valence-corrected chi connectivity index (χ0v) is 26.8. The van der Waals surface area contributed by atoms with Crippen LogP contribution in [0, 0.1) is 0 Å². The SMILES string of the molecule is C=CCCC(=O)O[C@H]1O[C@H](COC(=O)c2ccccc2)[C@@H](OC(=O)c2ccccc2)[C@H](OC(=O)c2ccccc2)[C@@H]1OC(=O)c1ccccc1. The van der Waals surface area contributed by atoms with Crippen LogP contribution in [-0.2, 0) is 33.2 Å². The summed E-state index contributed by atoms with van der Waals surface area (Å²) in [6, 6.07) is 32.0. The van der Waals surface area contributed by atoms with Crippen LogP contribution < -0.4 is 0 Å². The number of allylic oxidation sites excluding steroid dienone is 1. The monoisotopic (exact) mass is 678 g/mol. The number of esters is 5. The molecule has 1 heterocycles. The topological polar surface area (TPSA) is 141 Å². The smallest absolute Gasteiger partial charge is 0.338 e. The molecule has 0 aromatic heterocycles. The minimum Gasteiger partial charge on any atom is -0.459 e. The lowest BCUT2D eigenvalue weighted by atomic mass is 9.97. The molecule has 11 nitrogen and oxygen atoms in total. The molecule has 5 atom stereocenters. The molecule has 0 spiro atoms. The molecule has 4 aromatic rings. The quantitative estimate of drug-likeness (QED) is 0.0969. The summed E-state index contributed by atoms with van der Waals surface area (Å²) in [7, 11) is 0. The van der Waals surface area contributed by atoms with Crippen molar-refractivity contribution in [3.8, 4) is 0 Å². The van der Waals surface area contributed by atoms with Crippen molar-refractivity contribution in [1.29, 1.82) is 0 Å². The van der Waals surface area contributed by atoms with Crippen LogP contribution in [0.25, 0.3) is 0 Å². The fraction of sp³-hybridized carbons (Fsp3) is 0.205. The lowest BCUT2D eigenvalue weighted by molar-refractivity contribution is -0.290. The first-order valence-electron chi connectivity index (χ1n) is 15.8. The zero-order chi connectivity index (χ0) is 35.3. The Kier molecular flexibility index (Phi) is 12.2. The fourth-order valence-electron chi connectivity index (χ4n) is 5.03. The number of hydrogen-bond acceptors (Lipinski definition) is 11. The standard InChI is InChI=1S/C39H34O11/c1-2-3-24-31(40)47-39-34(50-38(44)29-22-14-7-15-23-29)33(49-37(43)28-20-12-6-13-21-28)32(48-36(42)27-18-10-5-11-19-27)30(46-39)25-45-35(41)26-16-8-4-9-17-26/h2,4-23,30,32-34,39H,1,3,24-25H2/t30-,32-,33+,34+,39-/m1/s1. The minimum absolute atomic E-state index is 0.0999. The van der Waals surface area contributed by atoms with Crippen LogP contribution in [0.1, 0.15) is 54.3 Å². The average Bonchev–Trinajstić information content (AvgIpc) is 3.16. The predicted octanol–water partition coefficient (Wildman–Crippen LogP) is 5.75. The molecular weight excluding hydrogens is 644 g/mol. The molecule has 1 aliphatic heterocycles. The van der Waals surface area contributed by atoms with Crippen molar-refractivity contribution in [2.45, 2.75) is 43.5 Å². The molecule has 0 amide bonds. The van der Waals surface area contributed by atoms with Gasteiger partial charge >= 0.3 is 29.8 Å². The number of carbonyl (C=O) groups is 5. The molecule has 5 rings (SSSR count). The van der Waals surface area contributed by atoms with E-state index in [1.54, 1.807) is 84.9 Å². The van der Waals surface area contributed by atoms with E-state index in [-0.39, 0.29) is 35.1 Å². The van der Waals surface area contributed by atoms with Gasteiger partial charge in [-0.1, -0.05) is 78.9 Å². The van der Waals surface area contributed by atoms with Crippen LogP contribution in [0.5, 0.6) is 0 Å². The molecule has 4 aromatic carbocycles. The second-order valence-corrected chi connectivity index (χ2v) is 11.0. The lowest BCUT2D eigenvalue weighted by Gasteiger charge is -2.43. The number of carbonyl (C=O) groups excluding carboxylic acids is 5. The van der Waals surface area contributed by atoms with Gasteiger partial charge in [-0.15, -0.1) is 6.58 Å². The Labute approximate surface area is 288 Å². The molecule has 0 bridgehead atoms. The van der Waals surface area contributed by atoms with Crippen molar-refractivity contribution in [1.82, 2.24) is 0 Å². The van der Waals surface area contributed by atoms with E-state index >= 15 is 0 Å². The molecule has 0 unspecified atom stereocenters. The van der Waals surface area contributed by atoms with Gasteiger partial charge in [0.25, 0.3) is 0 Å². The normalized spacial score (nSPS) is 19.6. The molecular formula is C39H34O11. The van der Waals surface area contributed by atoms with Crippen LogP contribution in [-0.4, -0.2) is 67.2 Å². The Morgan fingerprint density at radius 2 is 0.940 bits per heavy atom. The summed E-state index contributed by atoms with van der Waals surface area (Å²) in [5.41, 5.74) is 0.646. The Morgan fingerprint density at radius 1 is 0.540 bits per heavy atom. The maximum Gasteiger partial charge on any atom is 0.338 e. The molecule has 11 heteroatoms. The third kappa shape index (κ3) is 9.30. The number of ether oxygens (including phenoxy) is 6. The first kappa shape index (κ1) is 35.2. The molecule has 0 N–H and O–H groups in total. The van der Waals surface area contributed by atoms with Crippen molar-refractivity contribution in [2.24, 2.45) is 0 Å². The van der Waals surface area contributed by atoms with E-state index < -0.39 is 67.2 Å². The Bertz CT molecular complexity index is 1760. The van der Waals surface area contributed by atoms with Crippen LogP contribution in [0.4, 0.5) is 0 Å². The second kappa shape index (κ2) is 17.4. The molecule has 256 valence electrons. The van der Waals surface area contributed by atoms with E-state index in [2.05, 4.69) is 6.58 Å². The van der Waals surface area contributed by atoms with E-state index in [4.69, 9.17) is 28.4 Å². The molecule has 50 heavy (non-hydrogen) atoms. The van der Waals surface area contributed by atoms with Crippen LogP contribution in [0.2, 0.25) is 0 Å². The van der Waals surface area contributed by atoms with Crippen molar-refractivity contribution in [3.05, 3.63) is 156 Å². The van der Waals surface area contributed by atoms with Gasteiger partial charge in [-0.05, 0) is 55.0 Å². The first-order valence-corrected chi connectivity index (χ1v) is 15.8. The third-order valence-corrected chi connectivity index (χ3v) is 7.54. The summed E-state index contributed by atoms with van der Waals surface area (Å²) in [5.74, 6) is -4.04. The highest BCUT2D eigenvalue weighted by molar-refractivity contribution is 5.91. The summed E-state index contributed by atoms with van der Waals surface area (Å²) in [6.45, 7) is 3.08. The van der Waals surface area contributed by atoms with Gasteiger partial charge in [-0.2, -0.15) is 0 Å². The highest BCUT2D eigenvalue weighted by Gasteiger charge is 2.54. The van der Waals surface area contributed by atoms with Crippen LogP contribution in [0.15, 0.2) is 134 Å². The summed E-state index contributed by atoms with van der Waals surface area (Å²) >= 11 is 0. The van der Waals surface area contributed by atoms with E-state index in [0.717, 1.165) is 0 Å². The maximum absolute atomic E-state index is 13.6. The second-order valence-electron chi connectivity index (χ2n) is 11.0. The van der Waals surface area contributed by atoms with Crippen molar-refractivity contribution >= 4 is 29.8 Å². The summed E-state index contributed by atoms with van der Waals surface area (Å²) in [5, 5.41) is 0. The van der Waals surface area contributed by atoms with E-state index in [1.807, 2.05) is 0 Å². The molecule has 0 radical (unpaired) electrons. The first-order chi connectivity index (χ1) is 24.3. The molecule has 0 aliphatic carbocycles. The van der Waals surface area contributed by atoms with Gasteiger partial charge in [0.15, 0.2) is 12.2 Å². The molecule has 1 aliphatic rings. The lowest BCUT2D eigenvalue weighted by Crippen LogP contribution is -2.63. The van der Waals surface area contributed by atoms with E-state index in [9.17, 15) is 24.0 Å². The third-order valence-electron chi connectivity index (χ3n) is 7.54. The van der Waals surface area contributed by atoms with Crippen molar-refractivity contribution in [3.63, 3.8) is 0 Å². The highest BCUT2D eigenvalue weighted by atomic mass is 16.7.